The van der Waals surface area contributed by atoms with Gasteiger partial charge in [0.15, 0.2) is 0 Å². The van der Waals surface area contributed by atoms with E-state index in [0.717, 1.165) is 90.1 Å². The molecule has 0 aliphatic carbocycles. The van der Waals surface area contributed by atoms with Crippen molar-refractivity contribution in [3.05, 3.63) is 312 Å². The first-order valence-corrected chi connectivity index (χ1v) is 28.8. The summed E-state index contributed by atoms with van der Waals surface area (Å²) in [6.45, 7) is 12.9. The number of nitrogens with zero attached hydrogens (tertiary/aromatic N) is 4. The molecule has 13 aromatic rings. The average Bonchev–Trinajstić information content (AvgIpc) is 3.72. The summed E-state index contributed by atoms with van der Waals surface area (Å²) in [5, 5.41) is 0. The van der Waals surface area contributed by atoms with Gasteiger partial charge in [0.05, 0.1) is 45.6 Å². The molecule has 0 unspecified atom stereocenters. The Morgan fingerprint density at radius 3 is 0.524 bits per heavy atom. The molecular formula is C80H64N4. The highest BCUT2D eigenvalue weighted by Crippen LogP contribution is 2.41. The van der Waals surface area contributed by atoms with Crippen molar-refractivity contribution in [2.24, 2.45) is 0 Å². The van der Waals surface area contributed by atoms with E-state index in [1.165, 1.54) is 66.8 Å². The van der Waals surface area contributed by atoms with Crippen molar-refractivity contribution in [1.29, 1.82) is 0 Å². The zero-order chi connectivity index (χ0) is 57.5. The van der Waals surface area contributed by atoms with Gasteiger partial charge in [-0.15, -0.1) is 0 Å². The molecule has 2 aromatic heterocycles. The van der Waals surface area contributed by atoms with Gasteiger partial charge in [0, 0.05) is 44.5 Å². The highest BCUT2D eigenvalue weighted by atomic mass is 14.9. The molecule has 0 aliphatic rings. The summed E-state index contributed by atoms with van der Waals surface area (Å²) in [6.07, 6.45) is 0. The Bertz CT molecular complexity index is 4250. The first-order chi connectivity index (χ1) is 41.1. The van der Waals surface area contributed by atoms with Crippen LogP contribution in [0.3, 0.4) is 0 Å². The normalized spacial score (nSPS) is 11.0. The van der Waals surface area contributed by atoms with E-state index >= 15 is 0 Å². The summed E-state index contributed by atoms with van der Waals surface area (Å²) in [6, 6.07) is 97.9. The first-order valence-electron chi connectivity index (χ1n) is 28.8. The standard InChI is InChI=1S/C44H36N2.C36H28N2/c1-29-15-17-31(3)39(27-29)33-19-23-37(24-20-33)43-41(35-11-7-5-8-12-35)45-42(36-13-9-6-10-14-36)44(46-43)38-25-21-34(22-26-38)40-28-30(2)16-18-32(40)4;1-25-18-19-26(2)32(24-25)27-20-22-31(23-21-27)36-35(30-16-10-5-11-17-30)37-33(28-12-6-3-7-13-28)34(38-36)29-14-8-4-9-15-29/h5-28H,1-4H3;3-24H,1-2H3. The molecule has 0 bridgehead atoms. The predicted molar refractivity (Wildman–Crippen MR) is 352 cm³/mol. The van der Waals surface area contributed by atoms with Gasteiger partial charge in [-0.2, -0.15) is 0 Å². The van der Waals surface area contributed by atoms with Gasteiger partial charge in [-0.1, -0.05) is 296 Å². The van der Waals surface area contributed by atoms with Crippen molar-refractivity contribution in [2.45, 2.75) is 41.5 Å². The van der Waals surface area contributed by atoms with Crippen LogP contribution in [0.15, 0.2) is 279 Å². The largest absolute Gasteiger partial charge is 0.243 e. The Kier molecular flexibility index (Phi) is 15.7. The minimum Gasteiger partial charge on any atom is -0.243 e. The molecule has 4 heteroatoms. The Labute approximate surface area is 494 Å². The zero-order valence-electron chi connectivity index (χ0n) is 48.3. The van der Waals surface area contributed by atoms with Crippen molar-refractivity contribution in [2.75, 3.05) is 0 Å². The Balaban J connectivity index is 0.000000168. The van der Waals surface area contributed by atoms with Gasteiger partial charge in [-0.25, -0.2) is 19.9 Å². The molecule has 0 atom stereocenters. The van der Waals surface area contributed by atoms with Crippen LogP contribution in [0.1, 0.15) is 33.4 Å². The third-order valence-corrected chi connectivity index (χ3v) is 15.6. The molecule has 13 rings (SSSR count). The summed E-state index contributed by atoms with van der Waals surface area (Å²) >= 11 is 0. The van der Waals surface area contributed by atoms with E-state index in [2.05, 4.69) is 278 Å². The van der Waals surface area contributed by atoms with Crippen molar-refractivity contribution in [3.8, 4) is 123 Å². The van der Waals surface area contributed by atoms with Crippen LogP contribution < -0.4 is 0 Å². The van der Waals surface area contributed by atoms with Crippen LogP contribution in [0.5, 0.6) is 0 Å². The molecule has 404 valence electrons. The lowest BCUT2D eigenvalue weighted by Crippen LogP contribution is -2.01. The molecule has 0 N–H and O–H groups in total. The van der Waals surface area contributed by atoms with Gasteiger partial charge in [-0.3, -0.25) is 0 Å². The fourth-order valence-corrected chi connectivity index (χ4v) is 11.0. The van der Waals surface area contributed by atoms with Gasteiger partial charge in [-0.05, 0) is 91.6 Å². The van der Waals surface area contributed by atoms with E-state index in [1.807, 2.05) is 42.5 Å². The van der Waals surface area contributed by atoms with Gasteiger partial charge in [0.2, 0.25) is 0 Å². The summed E-state index contributed by atoms with van der Waals surface area (Å²) in [5.74, 6) is 0. The van der Waals surface area contributed by atoms with Crippen LogP contribution in [0.2, 0.25) is 0 Å². The van der Waals surface area contributed by atoms with E-state index in [4.69, 9.17) is 19.9 Å². The Hall–Kier alpha value is -10.4. The van der Waals surface area contributed by atoms with Crippen molar-refractivity contribution in [1.82, 2.24) is 19.9 Å². The van der Waals surface area contributed by atoms with Crippen LogP contribution in [0.4, 0.5) is 0 Å². The first kappa shape index (κ1) is 54.2. The predicted octanol–water partition coefficient (Wildman–Crippen LogP) is 21.1. The fourth-order valence-electron chi connectivity index (χ4n) is 11.0. The zero-order valence-corrected chi connectivity index (χ0v) is 48.3. The SMILES string of the molecule is Cc1ccc(C)c(-c2ccc(-c3nc(-c4ccc(-c5cc(C)ccc5C)cc4)c(-c4ccccc4)nc3-c3ccccc3)cc2)c1.Cc1ccc(C)c(-c2ccc(-c3nc(-c4ccccc4)c(-c4ccccc4)nc3-c3ccccc3)cc2)c1. The van der Waals surface area contributed by atoms with Gasteiger partial charge < -0.3 is 0 Å². The molecule has 0 amide bonds. The van der Waals surface area contributed by atoms with Crippen molar-refractivity contribution >= 4 is 0 Å². The molecule has 84 heavy (non-hydrogen) atoms. The summed E-state index contributed by atoms with van der Waals surface area (Å²) in [4.78, 5) is 21.5. The second-order valence-corrected chi connectivity index (χ2v) is 21.8. The van der Waals surface area contributed by atoms with Crippen LogP contribution >= 0.6 is 0 Å². The van der Waals surface area contributed by atoms with E-state index in [9.17, 15) is 0 Å². The number of hydrogen-bond donors (Lipinski definition) is 0. The number of aryl methyl sites for hydroxylation is 6. The fraction of sp³-hybridized carbons (Fsp3) is 0.0750. The Morgan fingerprint density at radius 2 is 0.333 bits per heavy atom. The minimum atomic E-state index is 0.868. The molecule has 0 saturated heterocycles. The van der Waals surface area contributed by atoms with E-state index in [1.54, 1.807) is 0 Å². The number of rotatable bonds is 11. The van der Waals surface area contributed by atoms with Gasteiger partial charge in [0.1, 0.15) is 0 Å². The molecule has 11 aromatic carbocycles. The molecular weight excluding hydrogens is 1020 g/mol. The lowest BCUT2D eigenvalue weighted by atomic mass is 9.95. The van der Waals surface area contributed by atoms with E-state index in [0.29, 0.717) is 0 Å². The quantitative estimate of drug-likeness (QED) is 0.130. The van der Waals surface area contributed by atoms with Crippen LogP contribution in [0, 0.1) is 41.5 Å². The third-order valence-electron chi connectivity index (χ3n) is 15.6. The highest BCUT2D eigenvalue weighted by Gasteiger charge is 2.22. The van der Waals surface area contributed by atoms with Gasteiger partial charge >= 0.3 is 0 Å². The maximum Gasteiger partial charge on any atom is 0.0973 e. The third kappa shape index (κ3) is 11.7. The van der Waals surface area contributed by atoms with Crippen molar-refractivity contribution in [3.63, 3.8) is 0 Å². The number of hydrogen-bond acceptors (Lipinski definition) is 4. The minimum absolute atomic E-state index is 0.868. The topological polar surface area (TPSA) is 51.6 Å². The number of benzene rings is 11. The van der Waals surface area contributed by atoms with E-state index < -0.39 is 0 Å². The molecule has 4 nitrogen and oxygen atoms in total. The second-order valence-electron chi connectivity index (χ2n) is 21.8. The molecule has 0 spiro atoms. The lowest BCUT2D eigenvalue weighted by molar-refractivity contribution is 1.21. The average molecular weight is 1080 g/mol. The molecule has 0 aliphatic heterocycles. The van der Waals surface area contributed by atoms with Crippen LogP contribution in [-0.2, 0) is 0 Å². The molecule has 0 radical (unpaired) electrons. The maximum atomic E-state index is 5.47. The molecule has 0 saturated carbocycles. The highest BCUT2D eigenvalue weighted by molar-refractivity contribution is 5.89. The van der Waals surface area contributed by atoms with Gasteiger partial charge in [0.25, 0.3) is 0 Å². The maximum absolute atomic E-state index is 5.47. The van der Waals surface area contributed by atoms with Crippen LogP contribution in [-0.4, -0.2) is 19.9 Å². The van der Waals surface area contributed by atoms with E-state index in [-0.39, 0.29) is 0 Å². The van der Waals surface area contributed by atoms with Crippen LogP contribution in [0.25, 0.3) is 123 Å². The summed E-state index contributed by atoms with van der Waals surface area (Å²) in [5.41, 5.74) is 30.3. The summed E-state index contributed by atoms with van der Waals surface area (Å²) in [7, 11) is 0. The number of aromatic nitrogens is 4. The molecule has 0 fully saturated rings. The summed E-state index contributed by atoms with van der Waals surface area (Å²) < 4.78 is 0. The van der Waals surface area contributed by atoms with Crippen molar-refractivity contribution < 1.29 is 0 Å². The monoisotopic (exact) mass is 1080 g/mol. The molecule has 2 heterocycles. The lowest BCUT2D eigenvalue weighted by Gasteiger charge is -2.17. The smallest absolute Gasteiger partial charge is 0.0973 e. The second kappa shape index (κ2) is 24.4. The Morgan fingerprint density at radius 1 is 0.167 bits per heavy atom.